The summed E-state index contributed by atoms with van der Waals surface area (Å²) in [5, 5.41) is 5.08. The van der Waals surface area contributed by atoms with Gasteiger partial charge in [-0.1, -0.05) is 0 Å². The first kappa shape index (κ1) is 11.4. The maximum atomic E-state index is 11.2. The van der Waals surface area contributed by atoms with Crippen LogP contribution in [0.5, 0.6) is 0 Å². The van der Waals surface area contributed by atoms with Crippen LogP contribution in [0.2, 0.25) is 0 Å². The third kappa shape index (κ3) is 2.04. The minimum atomic E-state index is -3.60. The Hall–Kier alpha value is -1.11. The molecule has 0 amide bonds. The Kier molecular flexibility index (Phi) is 2.88. The van der Waals surface area contributed by atoms with Gasteiger partial charge in [-0.15, -0.1) is 0 Å². The second kappa shape index (κ2) is 4.04. The van der Waals surface area contributed by atoms with Gasteiger partial charge in [0.05, 0.1) is 4.90 Å². The highest BCUT2D eigenvalue weighted by Crippen LogP contribution is 2.29. The number of anilines is 1. The van der Waals surface area contributed by atoms with Crippen LogP contribution in [0.3, 0.4) is 0 Å². The van der Waals surface area contributed by atoms with Crippen molar-refractivity contribution in [1.82, 2.24) is 0 Å². The van der Waals surface area contributed by atoms with Gasteiger partial charge in [-0.05, 0) is 30.2 Å². The molecule has 1 heterocycles. The molecule has 5 nitrogen and oxygen atoms in total. The zero-order valence-corrected chi connectivity index (χ0v) is 9.70. The second-order valence-electron chi connectivity index (χ2n) is 3.86. The van der Waals surface area contributed by atoms with Crippen LogP contribution in [0.15, 0.2) is 23.1 Å². The molecular formula is C10H15N3O2S. The number of rotatable bonds is 3. The van der Waals surface area contributed by atoms with Crippen molar-refractivity contribution in [3.05, 3.63) is 23.8 Å². The van der Waals surface area contributed by atoms with Crippen molar-refractivity contribution < 1.29 is 8.42 Å². The quantitative estimate of drug-likeness (QED) is 0.757. The molecule has 88 valence electrons. The van der Waals surface area contributed by atoms with E-state index in [1.165, 1.54) is 0 Å². The SMILES string of the molecule is NCCN1CCc2cc(S(N)(=O)=O)ccc21. The molecule has 6 heteroatoms. The summed E-state index contributed by atoms with van der Waals surface area (Å²) in [6, 6.07) is 5.00. The van der Waals surface area contributed by atoms with Crippen LogP contribution in [0.4, 0.5) is 5.69 Å². The normalized spacial score (nSPS) is 15.2. The molecule has 0 unspecified atom stereocenters. The third-order valence-electron chi connectivity index (χ3n) is 2.77. The van der Waals surface area contributed by atoms with E-state index >= 15 is 0 Å². The number of fused-ring (bicyclic) bond motifs is 1. The van der Waals surface area contributed by atoms with Crippen LogP contribution in [-0.2, 0) is 16.4 Å². The Bertz CT molecular complexity index is 499. The number of benzene rings is 1. The monoisotopic (exact) mass is 241 g/mol. The lowest BCUT2D eigenvalue weighted by molar-refractivity contribution is 0.597. The molecule has 1 aromatic rings. The first-order chi connectivity index (χ1) is 7.52. The molecule has 0 saturated heterocycles. The Balaban J connectivity index is 2.37. The summed E-state index contributed by atoms with van der Waals surface area (Å²) >= 11 is 0. The average Bonchev–Trinajstić information content (AvgIpc) is 2.60. The summed E-state index contributed by atoms with van der Waals surface area (Å²) in [5.74, 6) is 0. The fourth-order valence-electron chi connectivity index (χ4n) is 2.01. The Morgan fingerprint density at radius 2 is 2.12 bits per heavy atom. The molecule has 4 N–H and O–H groups in total. The summed E-state index contributed by atoms with van der Waals surface area (Å²) in [6.45, 7) is 2.28. The Morgan fingerprint density at radius 1 is 1.38 bits per heavy atom. The summed E-state index contributed by atoms with van der Waals surface area (Å²) in [7, 11) is -3.60. The highest BCUT2D eigenvalue weighted by Gasteiger charge is 2.20. The van der Waals surface area contributed by atoms with Crippen molar-refractivity contribution in [1.29, 1.82) is 0 Å². The number of primary sulfonamides is 1. The molecule has 0 saturated carbocycles. The predicted octanol–water partition coefficient (Wildman–Crippen LogP) is -0.345. The van der Waals surface area contributed by atoms with Gasteiger partial charge in [-0.25, -0.2) is 13.6 Å². The van der Waals surface area contributed by atoms with E-state index in [4.69, 9.17) is 10.9 Å². The lowest BCUT2D eigenvalue weighted by Gasteiger charge is -2.18. The zero-order chi connectivity index (χ0) is 11.8. The van der Waals surface area contributed by atoms with Gasteiger partial charge >= 0.3 is 0 Å². The molecule has 2 rings (SSSR count). The number of sulfonamides is 1. The van der Waals surface area contributed by atoms with Gasteiger partial charge in [0, 0.05) is 25.3 Å². The highest BCUT2D eigenvalue weighted by atomic mass is 32.2. The lowest BCUT2D eigenvalue weighted by atomic mass is 10.2. The van der Waals surface area contributed by atoms with Gasteiger partial charge in [-0.2, -0.15) is 0 Å². The van der Waals surface area contributed by atoms with Crippen LogP contribution >= 0.6 is 0 Å². The molecule has 1 aromatic carbocycles. The first-order valence-corrected chi connectivity index (χ1v) is 6.68. The van der Waals surface area contributed by atoms with Crippen LogP contribution in [0.25, 0.3) is 0 Å². The van der Waals surface area contributed by atoms with Crippen molar-refractivity contribution in [2.45, 2.75) is 11.3 Å². The minimum Gasteiger partial charge on any atom is -0.370 e. The Morgan fingerprint density at radius 3 is 2.75 bits per heavy atom. The van der Waals surface area contributed by atoms with Crippen LogP contribution in [0.1, 0.15) is 5.56 Å². The molecule has 0 spiro atoms. The molecule has 1 aliphatic heterocycles. The number of hydrogen-bond donors (Lipinski definition) is 2. The lowest BCUT2D eigenvalue weighted by Crippen LogP contribution is -2.27. The van der Waals surface area contributed by atoms with E-state index in [0.29, 0.717) is 6.54 Å². The van der Waals surface area contributed by atoms with Gasteiger partial charge < -0.3 is 10.6 Å². The fraction of sp³-hybridized carbons (Fsp3) is 0.400. The van der Waals surface area contributed by atoms with Crippen molar-refractivity contribution in [3.63, 3.8) is 0 Å². The molecule has 0 atom stereocenters. The maximum absolute atomic E-state index is 11.2. The van der Waals surface area contributed by atoms with Crippen molar-refractivity contribution >= 4 is 15.7 Å². The topological polar surface area (TPSA) is 89.4 Å². The number of hydrogen-bond acceptors (Lipinski definition) is 4. The molecule has 0 radical (unpaired) electrons. The zero-order valence-electron chi connectivity index (χ0n) is 8.89. The maximum Gasteiger partial charge on any atom is 0.238 e. The van der Waals surface area contributed by atoms with Crippen LogP contribution in [0, 0.1) is 0 Å². The van der Waals surface area contributed by atoms with Gasteiger partial charge in [0.1, 0.15) is 0 Å². The molecule has 1 aliphatic rings. The van der Waals surface area contributed by atoms with E-state index in [1.54, 1.807) is 18.2 Å². The van der Waals surface area contributed by atoms with E-state index in [2.05, 4.69) is 4.90 Å². The van der Waals surface area contributed by atoms with Crippen molar-refractivity contribution in [2.75, 3.05) is 24.5 Å². The fourth-order valence-corrected chi connectivity index (χ4v) is 2.58. The molecule has 0 fully saturated rings. The van der Waals surface area contributed by atoms with Gasteiger partial charge in [0.25, 0.3) is 0 Å². The Labute approximate surface area is 95.1 Å². The van der Waals surface area contributed by atoms with Gasteiger partial charge in [0.15, 0.2) is 0 Å². The third-order valence-corrected chi connectivity index (χ3v) is 3.68. The van der Waals surface area contributed by atoms with E-state index in [1.807, 2.05) is 0 Å². The number of nitrogens with two attached hydrogens (primary N) is 2. The van der Waals surface area contributed by atoms with Crippen molar-refractivity contribution in [2.24, 2.45) is 10.9 Å². The average molecular weight is 241 g/mol. The highest BCUT2D eigenvalue weighted by molar-refractivity contribution is 7.89. The summed E-state index contributed by atoms with van der Waals surface area (Å²) in [6.07, 6.45) is 0.846. The molecule has 0 aromatic heterocycles. The van der Waals surface area contributed by atoms with Gasteiger partial charge in [-0.3, -0.25) is 0 Å². The first-order valence-electron chi connectivity index (χ1n) is 5.13. The van der Waals surface area contributed by atoms with Gasteiger partial charge in [0.2, 0.25) is 10.0 Å². The standard InChI is InChI=1S/C10H15N3O2S/c11-4-6-13-5-3-8-7-9(16(12,14)15)1-2-10(8)13/h1-2,7H,3-6,11H2,(H2,12,14,15). The van der Waals surface area contributed by atoms with E-state index in [-0.39, 0.29) is 4.90 Å². The summed E-state index contributed by atoms with van der Waals surface area (Å²) in [5.41, 5.74) is 7.60. The second-order valence-corrected chi connectivity index (χ2v) is 5.42. The number of nitrogens with zero attached hydrogens (tertiary/aromatic N) is 1. The largest absolute Gasteiger partial charge is 0.370 e. The predicted molar refractivity (Wildman–Crippen MR) is 62.8 cm³/mol. The molecule has 0 bridgehead atoms. The van der Waals surface area contributed by atoms with E-state index < -0.39 is 10.0 Å². The minimum absolute atomic E-state index is 0.181. The summed E-state index contributed by atoms with van der Waals surface area (Å²) in [4.78, 5) is 2.34. The van der Waals surface area contributed by atoms with Crippen LogP contribution < -0.4 is 15.8 Å². The van der Waals surface area contributed by atoms with Crippen molar-refractivity contribution in [3.8, 4) is 0 Å². The van der Waals surface area contributed by atoms with E-state index in [0.717, 1.165) is 30.8 Å². The molecule has 16 heavy (non-hydrogen) atoms. The molecule has 0 aliphatic carbocycles. The molecular weight excluding hydrogens is 226 g/mol. The smallest absolute Gasteiger partial charge is 0.238 e. The summed E-state index contributed by atoms with van der Waals surface area (Å²) < 4.78 is 22.4. The van der Waals surface area contributed by atoms with E-state index in [9.17, 15) is 8.42 Å². The van der Waals surface area contributed by atoms with Crippen LogP contribution in [-0.4, -0.2) is 28.1 Å².